The summed E-state index contributed by atoms with van der Waals surface area (Å²) in [7, 11) is 0. The Bertz CT molecular complexity index is 334. The van der Waals surface area contributed by atoms with Gasteiger partial charge in [-0.3, -0.25) is 0 Å². The Morgan fingerprint density at radius 2 is 1.94 bits per heavy atom. The minimum absolute atomic E-state index is 0. The normalized spacial score (nSPS) is 10.2. The van der Waals surface area contributed by atoms with Crippen molar-refractivity contribution in [1.29, 1.82) is 0 Å². The molecule has 2 nitrogen and oxygen atoms in total. The summed E-state index contributed by atoms with van der Waals surface area (Å²) in [4.78, 5) is 2.04. The summed E-state index contributed by atoms with van der Waals surface area (Å²) in [5.74, 6) is 0.220. The molecular weight excluding hydrogens is 457 g/mol. The van der Waals surface area contributed by atoms with Crippen LogP contribution in [0.5, 0.6) is 5.75 Å². The molecule has 1 aromatic carbocycles. The van der Waals surface area contributed by atoms with Crippen LogP contribution >= 0.6 is 15.9 Å². The molecule has 0 aliphatic rings. The third-order valence-electron chi connectivity index (χ3n) is 2.20. The molecule has 0 N–H and O–H groups in total. The summed E-state index contributed by atoms with van der Waals surface area (Å²) in [6.45, 7) is 10.2. The first-order valence-corrected chi connectivity index (χ1v) is 5.85. The molecule has 0 fully saturated rings. The number of benzene rings is 1. The Kier molecular flexibility index (Phi) is 9.11. The van der Waals surface area contributed by atoms with Crippen LogP contribution in [0.25, 0.3) is 0 Å². The zero-order chi connectivity index (χ0) is 12.0. The van der Waals surface area contributed by atoms with Gasteiger partial charge in [-0.05, 0) is 28.1 Å². The molecule has 1 aromatic rings. The molecule has 0 saturated carbocycles. The van der Waals surface area contributed by atoms with E-state index in [-0.39, 0.29) is 26.9 Å². The molecule has 0 radical (unpaired) electrons. The molecule has 0 amide bonds. The predicted molar refractivity (Wildman–Crippen MR) is 66.7 cm³/mol. The van der Waals surface area contributed by atoms with Crippen molar-refractivity contribution in [3.8, 4) is 5.75 Å². The minimum atomic E-state index is -0.316. The fraction of sp³-hybridized carbons (Fsp3) is 0.333. The van der Waals surface area contributed by atoms with Gasteiger partial charge in [0.1, 0.15) is 18.2 Å². The number of hydrogen-bond donors (Lipinski definition) is 0. The van der Waals surface area contributed by atoms with Crippen molar-refractivity contribution in [2.24, 2.45) is 0 Å². The Morgan fingerprint density at radius 3 is 2.47 bits per heavy atom. The van der Waals surface area contributed by atoms with Gasteiger partial charge in [-0.2, -0.15) is 0 Å². The van der Waals surface area contributed by atoms with Crippen LogP contribution in [0.15, 0.2) is 22.7 Å². The van der Waals surface area contributed by atoms with Crippen molar-refractivity contribution >= 4 is 15.9 Å². The largest absolute Gasteiger partial charge is 2.00 e. The summed E-state index contributed by atoms with van der Waals surface area (Å²) in [6.07, 6.45) is 0. The average Bonchev–Trinajstić information content (AvgIpc) is 2.29. The number of rotatable bonds is 6. The maximum atomic E-state index is 13.1. The third kappa shape index (κ3) is 5.98. The van der Waals surface area contributed by atoms with Crippen molar-refractivity contribution < 1.29 is 30.2 Å². The molecule has 0 saturated heterocycles. The van der Waals surface area contributed by atoms with Gasteiger partial charge in [-0.1, -0.05) is 0 Å². The van der Waals surface area contributed by atoms with Crippen LogP contribution in [-0.2, 0) is 21.1 Å². The van der Waals surface area contributed by atoms with Gasteiger partial charge in [0.15, 0.2) is 0 Å². The molecule has 0 aromatic heterocycles. The molecule has 94 valence electrons. The van der Waals surface area contributed by atoms with Gasteiger partial charge in [0.2, 0.25) is 0 Å². The van der Waals surface area contributed by atoms with Crippen LogP contribution < -0.4 is 4.74 Å². The van der Waals surface area contributed by atoms with Crippen molar-refractivity contribution in [2.45, 2.75) is 0 Å². The van der Waals surface area contributed by atoms with Gasteiger partial charge in [-0.15, -0.1) is 13.1 Å². The van der Waals surface area contributed by atoms with Crippen LogP contribution in [0.1, 0.15) is 0 Å². The van der Waals surface area contributed by atoms with E-state index in [0.29, 0.717) is 29.9 Å². The number of hydrogen-bond acceptors (Lipinski definition) is 2. The second kappa shape index (κ2) is 9.07. The maximum absolute atomic E-state index is 13.1. The summed E-state index contributed by atoms with van der Waals surface area (Å²) < 4.78 is 19.0. The molecule has 0 atom stereocenters. The van der Waals surface area contributed by atoms with Gasteiger partial charge in [0, 0.05) is 12.6 Å². The fourth-order valence-corrected chi connectivity index (χ4v) is 1.44. The summed E-state index contributed by atoms with van der Waals surface area (Å²) in [5, 5.41) is 0. The Labute approximate surface area is 125 Å². The molecule has 0 spiro atoms. The van der Waals surface area contributed by atoms with Crippen molar-refractivity contribution in [1.82, 2.24) is 4.90 Å². The first-order valence-electron chi connectivity index (χ1n) is 5.06. The minimum Gasteiger partial charge on any atom is -0.492 e. The second-order valence-electron chi connectivity index (χ2n) is 3.27. The smallest absolute Gasteiger partial charge is 0.492 e. The maximum Gasteiger partial charge on any atom is 2.00 e. The quantitative estimate of drug-likeness (QED) is 0.591. The molecule has 17 heavy (non-hydrogen) atoms. The number of nitrogens with zero attached hydrogens (tertiary/aromatic N) is 1. The van der Waals surface area contributed by atoms with E-state index in [4.69, 9.17) is 4.74 Å². The van der Waals surface area contributed by atoms with Crippen LogP contribution in [0, 0.1) is 19.7 Å². The molecule has 5 heteroatoms. The SMILES string of the molecule is [CH2-]CN(C[CH2-])CCOc1ccc(Br)c(F)c1.[W+2]. The molecule has 1 rings (SSSR count). The molecule has 0 aliphatic heterocycles. The topological polar surface area (TPSA) is 12.5 Å². The van der Waals surface area contributed by atoms with Crippen LogP contribution in [0.2, 0.25) is 0 Å². The van der Waals surface area contributed by atoms with Crippen LogP contribution in [0.3, 0.4) is 0 Å². The van der Waals surface area contributed by atoms with E-state index in [1.807, 2.05) is 4.90 Å². The number of ether oxygens (including phenoxy) is 1. The summed E-state index contributed by atoms with van der Waals surface area (Å²) >= 11 is 3.09. The van der Waals surface area contributed by atoms with Gasteiger partial charge in [0.25, 0.3) is 0 Å². The Morgan fingerprint density at radius 1 is 1.29 bits per heavy atom. The summed E-state index contributed by atoms with van der Waals surface area (Å²) in [5.41, 5.74) is 0. The second-order valence-corrected chi connectivity index (χ2v) is 4.12. The first kappa shape index (κ1) is 17.1. The van der Waals surface area contributed by atoms with E-state index in [0.717, 1.165) is 6.54 Å². The zero-order valence-corrected chi connectivity index (χ0v) is 14.0. The van der Waals surface area contributed by atoms with E-state index < -0.39 is 0 Å². The van der Waals surface area contributed by atoms with E-state index in [9.17, 15) is 4.39 Å². The molecule has 0 heterocycles. The molecule has 0 aliphatic carbocycles. The van der Waals surface area contributed by atoms with Gasteiger partial charge in [-0.25, -0.2) is 4.39 Å². The van der Waals surface area contributed by atoms with Crippen LogP contribution in [0.4, 0.5) is 4.39 Å². The van der Waals surface area contributed by atoms with Crippen molar-refractivity contribution in [3.05, 3.63) is 42.3 Å². The van der Waals surface area contributed by atoms with Gasteiger partial charge >= 0.3 is 21.1 Å². The van der Waals surface area contributed by atoms with Crippen LogP contribution in [-0.4, -0.2) is 31.1 Å². The van der Waals surface area contributed by atoms with Crippen molar-refractivity contribution in [2.75, 3.05) is 26.2 Å². The molecule has 0 bridgehead atoms. The van der Waals surface area contributed by atoms with E-state index >= 15 is 0 Å². The first-order chi connectivity index (χ1) is 7.67. The zero-order valence-electron chi connectivity index (χ0n) is 9.49. The predicted octanol–water partition coefficient (Wildman–Crippen LogP) is 2.93. The van der Waals surface area contributed by atoms with Gasteiger partial charge < -0.3 is 23.5 Å². The Balaban J connectivity index is 0.00000256. The van der Waals surface area contributed by atoms with E-state index in [1.165, 1.54) is 6.07 Å². The number of halogens is 2. The average molecular weight is 472 g/mol. The van der Waals surface area contributed by atoms with Crippen molar-refractivity contribution in [3.63, 3.8) is 0 Å². The van der Waals surface area contributed by atoms with Gasteiger partial charge in [0.05, 0.1) is 4.47 Å². The monoisotopic (exact) mass is 471 g/mol. The Hall–Kier alpha value is 0.0783. The van der Waals surface area contributed by atoms with E-state index in [2.05, 4.69) is 29.8 Å². The third-order valence-corrected chi connectivity index (χ3v) is 2.84. The molecule has 0 unspecified atom stereocenters. The molecular formula is C12H15BrFNOW. The van der Waals surface area contributed by atoms with E-state index in [1.54, 1.807) is 12.1 Å². The fourth-order valence-electron chi connectivity index (χ4n) is 1.19. The standard InChI is InChI=1S/C12H15BrFNO.W/c1-3-15(4-2)7-8-16-10-5-6-11(13)12(14)9-10;/h5-6,9H,1-4,7-8H2;/q-2;+2. The summed E-state index contributed by atoms with van der Waals surface area (Å²) in [6, 6.07) is 4.72.